The van der Waals surface area contributed by atoms with Crippen LogP contribution in [0.2, 0.25) is 0 Å². The number of hydrogen-bond acceptors (Lipinski definition) is 7. The van der Waals surface area contributed by atoms with Crippen molar-refractivity contribution in [1.29, 1.82) is 0 Å². The van der Waals surface area contributed by atoms with E-state index in [4.69, 9.17) is 0 Å². The maximum atomic E-state index is 11.4. The molecule has 0 aromatic heterocycles. The lowest BCUT2D eigenvalue weighted by molar-refractivity contribution is -0.393. The highest BCUT2D eigenvalue weighted by molar-refractivity contribution is 5.86. The van der Waals surface area contributed by atoms with Gasteiger partial charge in [-0.3, -0.25) is 25.7 Å². The summed E-state index contributed by atoms with van der Waals surface area (Å²) >= 11 is 0. The molecule has 0 saturated heterocycles. The maximum absolute atomic E-state index is 11.4. The lowest BCUT2D eigenvalue weighted by atomic mass is 9.45. The molecule has 0 unspecified atom stereocenters. The number of nitro benzene ring substituents is 2. The van der Waals surface area contributed by atoms with E-state index >= 15 is 0 Å². The molecule has 4 aliphatic carbocycles. The smallest absolute Gasteiger partial charge is 0.301 e. The molecular weight excluding hydrogens is 436 g/mol. The van der Waals surface area contributed by atoms with Crippen LogP contribution in [0.4, 0.5) is 17.1 Å². The molecule has 34 heavy (non-hydrogen) atoms. The topological polar surface area (TPSA) is 131 Å². The molecule has 9 nitrogen and oxygen atoms in total. The predicted molar refractivity (Wildman–Crippen MR) is 129 cm³/mol. The standard InChI is InChI=1S/C25H34N4O5/c1-24-11-9-16(26-27-21-7-4-17(28(31)32)14-22(21)29(33)34)13-15(24)3-5-18-19-6-8-23(30)25(19,2)12-10-20(18)24/h4,7,14-15,18-20,23,27,30H,3,5-6,8-13H2,1-2H3/b26-16-/t15-,18-,19-,20-,23+,24+,25+/m1/s1. The average molecular weight is 471 g/mol. The fraction of sp³-hybridized carbons (Fsp3) is 0.720. The number of hydrazone groups is 1. The summed E-state index contributed by atoms with van der Waals surface area (Å²) in [5, 5.41) is 37.6. The number of hydrogen-bond donors (Lipinski definition) is 2. The zero-order valence-electron chi connectivity index (χ0n) is 19.9. The maximum Gasteiger partial charge on any atom is 0.301 e. The lowest BCUT2D eigenvalue weighted by Crippen LogP contribution is -2.54. The SMILES string of the molecule is C[C@]12CC/C(=N/Nc3ccc([N+](=O)[O-])cc3[N+](=O)[O-])C[C@H]1CC[C@H]1[C@H]2CC[C@@]2(C)[C@@H]1CC[C@@H]2O. The van der Waals surface area contributed by atoms with E-state index < -0.39 is 9.85 Å². The van der Waals surface area contributed by atoms with Crippen molar-refractivity contribution in [2.24, 2.45) is 39.6 Å². The van der Waals surface area contributed by atoms with Gasteiger partial charge in [-0.2, -0.15) is 5.10 Å². The first-order valence-corrected chi connectivity index (χ1v) is 12.6. The first kappa shape index (κ1) is 23.2. The molecule has 2 N–H and O–H groups in total. The number of fused-ring (bicyclic) bond motifs is 5. The number of rotatable bonds is 4. The second-order valence-corrected chi connectivity index (χ2v) is 11.5. The summed E-state index contributed by atoms with van der Waals surface area (Å²) in [6.07, 6.45) is 9.45. The van der Waals surface area contributed by atoms with Gasteiger partial charge < -0.3 is 5.11 Å². The van der Waals surface area contributed by atoms with Crippen molar-refractivity contribution in [1.82, 2.24) is 0 Å². The van der Waals surface area contributed by atoms with Crippen molar-refractivity contribution in [2.75, 3.05) is 5.43 Å². The van der Waals surface area contributed by atoms with Crippen molar-refractivity contribution in [3.63, 3.8) is 0 Å². The molecule has 9 heteroatoms. The summed E-state index contributed by atoms with van der Waals surface area (Å²) in [4.78, 5) is 21.1. The molecule has 0 spiro atoms. The van der Waals surface area contributed by atoms with E-state index in [-0.39, 0.29) is 34.0 Å². The second-order valence-electron chi connectivity index (χ2n) is 11.5. The minimum atomic E-state index is -0.638. The van der Waals surface area contributed by atoms with Crippen LogP contribution in [-0.2, 0) is 0 Å². The van der Waals surface area contributed by atoms with Crippen molar-refractivity contribution in [2.45, 2.75) is 77.7 Å². The molecule has 184 valence electrons. The Kier molecular flexibility index (Phi) is 5.66. The monoisotopic (exact) mass is 470 g/mol. The molecule has 1 aromatic carbocycles. The molecule has 0 bridgehead atoms. The van der Waals surface area contributed by atoms with Gasteiger partial charge >= 0.3 is 5.69 Å². The number of nitrogens with zero attached hydrogens (tertiary/aromatic N) is 3. The number of benzene rings is 1. The predicted octanol–water partition coefficient (Wildman–Crippen LogP) is 5.67. The minimum Gasteiger partial charge on any atom is -0.393 e. The first-order valence-electron chi connectivity index (χ1n) is 12.6. The molecule has 0 aliphatic heterocycles. The number of aliphatic hydroxyl groups excluding tert-OH is 1. The molecule has 4 saturated carbocycles. The van der Waals surface area contributed by atoms with Crippen LogP contribution in [0.25, 0.3) is 0 Å². The summed E-state index contributed by atoms with van der Waals surface area (Å²) in [5.74, 6) is 2.58. The third-order valence-corrected chi connectivity index (χ3v) is 10.2. The number of non-ortho nitro benzene ring substituents is 1. The van der Waals surface area contributed by atoms with Crippen molar-refractivity contribution < 1.29 is 15.0 Å². The zero-order valence-corrected chi connectivity index (χ0v) is 19.9. The summed E-state index contributed by atoms with van der Waals surface area (Å²) in [5.41, 5.74) is 3.73. The number of nitro groups is 2. The van der Waals surface area contributed by atoms with E-state index in [0.717, 1.165) is 56.7 Å². The number of aliphatic hydroxyl groups is 1. The number of anilines is 1. The quantitative estimate of drug-likeness (QED) is 0.430. The Morgan fingerprint density at radius 1 is 1.00 bits per heavy atom. The van der Waals surface area contributed by atoms with Crippen LogP contribution in [0.5, 0.6) is 0 Å². The summed E-state index contributed by atoms with van der Waals surface area (Å²) in [7, 11) is 0. The summed E-state index contributed by atoms with van der Waals surface area (Å²) in [6.45, 7) is 4.78. The molecule has 1 aromatic rings. The zero-order chi connectivity index (χ0) is 24.3. The average Bonchev–Trinajstić information content (AvgIpc) is 3.11. The van der Waals surface area contributed by atoms with Gasteiger partial charge in [-0.15, -0.1) is 0 Å². The molecule has 0 radical (unpaired) electrons. The van der Waals surface area contributed by atoms with Crippen LogP contribution in [-0.4, -0.2) is 26.8 Å². The van der Waals surface area contributed by atoms with Gasteiger partial charge in [0.15, 0.2) is 0 Å². The van der Waals surface area contributed by atoms with E-state index in [1.54, 1.807) is 0 Å². The Morgan fingerprint density at radius 3 is 2.50 bits per heavy atom. The van der Waals surface area contributed by atoms with Gasteiger partial charge in [-0.25, -0.2) is 0 Å². The molecule has 0 amide bonds. The highest BCUT2D eigenvalue weighted by atomic mass is 16.6. The van der Waals surface area contributed by atoms with Crippen LogP contribution in [0.3, 0.4) is 0 Å². The Balaban J connectivity index is 1.31. The van der Waals surface area contributed by atoms with E-state index in [1.807, 2.05) is 0 Å². The third kappa shape index (κ3) is 3.59. The van der Waals surface area contributed by atoms with Gasteiger partial charge in [-0.1, -0.05) is 13.8 Å². The largest absolute Gasteiger partial charge is 0.393 e. The normalized spacial score (nSPS) is 40.2. The Bertz CT molecular complexity index is 1040. The molecular formula is C25H34N4O5. The Hall–Kier alpha value is -2.55. The van der Waals surface area contributed by atoms with Gasteiger partial charge in [0.05, 0.1) is 22.0 Å². The first-order chi connectivity index (χ1) is 16.1. The molecule has 5 rings (SSSR count). The molecule has 7 atom stereocenters. The van der Waals surface area contributed by atoms with Crippen molar-refractivity contribution in [3.8, 4) is 0 Å². The summed E-state index contributed by atoms with van der Waals surface area (Å²) < 4.78 is 0. The minimum absolute atomic E-state index is 0.0923. The van der Waals surface area contributed by atoms with E-state index in [0.29, 0.717) is 23.7 Å². The molecule has 0 heterocycles. The lowest BCUT2D eigenvalue weighted by Gasteiger charge is -2.60. The van der Waals surface area contributed by atoms with Gasteiger partial charge in [0.25, 0.3) is 5.69 Å². The van der Waals surface area contributed by atoms with Crippen molar-refractivity contribution in [3.05, 3.63) is 38.4 Å². The van der Waals surface area contributed by atoms with E-state index in [2.05, 4.69) is 24.4 Å². The Labute approximate surface area is 199 Å². The van der Waals surface area contributed by atoms with E-state index in [9.17, 15) is 25.3 Å². The van der Waals surface area contributed by atoms with Gasteiger partial charge in [-0.05, 0) is 98.4 Å². The highest BCUT2D eigenvalue weighted by Gasteiger charge is 2.59. The van der Waals surface area contributed by atoms with E-state index in [1.165, 1.54) is 25.0 Å². The van der Waals surface area contributed by atoms with Crippen LogP contribution < -0.4 is 5.43 Å². The molecule has 4 fully saturated rings. The van der Waals surface area contributed by atoms with Crippen LogP contribution in [0.1, 0.15) is 71.6 Å². The number of nitrogens with one attached hydrogen (secondary N) is 1. The summed E-state index contributed by atoms with van der Waals surface area (Å²) in [6, 6.07) is 3.58. The molecule has 4 aliphatic rings. The van der Waals surface area contributed by atoms with Gasteiger partial charge in [0.2, 0.25) is 0 Å². The highest BCUT2D eigenvalue weighted by Crippen LogP contribution is 2.66. The Morgan fingerprint density at radius 2 is 1.76 bits per heavy atom. The third-order valence-electron chi connectivity index (χ3n) is 10.2. The van der Waals surface area contributed by atoms with Crippen LogP contribution >= 0.6 is 0 Å². The van der Waals surface area contributed by atoms with Crippen molar-refractivity contribution >= 4 is 22.8 Å². The van der Waals surface area contributed by atoms with Crippen LogP contribution in [0, 0.1) is 54.7 Å². The fourth-order valence-electron chi connectivity index (χ4n) is 8.15. The second kappa shape index (κ2) is 8.29. The van der Waals surface area contributed by atoms with Gasteiger partial charge in [0, 0.05) is 11.8 Å². The van der Waals surface area contributed by atoms with Gasteiger partial charge in [0.1, 0.15) is 5.69 Å². The van der Waals surface area contributed by atoms with Crippen LogP contribution in [0.15, 0.2) is 23.3 Å². The fourth-order valence-corrected chi connectivity index (χ4v) is 8.15.